The number of rotatable bonds is 5. The van der Waals surface area contributed by atoms with Crippen LogP contribution in [0.25, 0.3) is 22.5 Å². The van der Waals surface area contributed by atoms with Crippen molar-refractivity contribution in [2.24, 2.45) is 5.41 Å². The van der Waals surface area contributed by atoms with Gasteiger partial charge in [0, 0.05) is 48.5 Å². The van der Waals surface area contributed by atoms with Crippen molar-refractivity contribution in [1.82, 2.24) is 24.3 Å². The second-order valence-corrected chi connectivity index (χ2v) is 9.84. The lowest BCUT2D eigenvalue weighted by atomic mass is 9.72. The number of imidazole rings is 1. The van der Waals surface area contributed by atoms with Gasteiger partial charge >= 0.3 is 0 Å². The smallest absolute Gasteiger partial charge is 0.280 e. The third-order valence-electron chi connectivity index (χ3n) is 6.93. The van der Waals surface area contributed by atoms with Gasteiger partial charge in [-0.3, -0.25) is 9.78 Å². The molecule has 1 aromatic carbocycles. The normalized spacial score (nSPS) is 17.9. The van der Waals surface area contributed by atoms with Gasteiger partial charge in [0.2, 0.25) is 5.91 Å². The van der Waals surface area contributed by atoms with Gasteiger partial charge in [-0.15, -0.1) is 0 Å². The lowest BCUT2D eigenvalue weighted by Gasteiger charge is -2.52. The molecule has 3 aromatic rings. The predicted octanol–water partition coefficient (Wildman–Crippen LogP) is 4.76. The van der Waals surface area contributed by atoms with Crippen LogP contribution in [-0.2, 0) is 11.3 Å². The third-order valence-corrected chi connectivity index (χ3v) is 7.18. The molecule has 5 rings (SSSR count). The number of amides is 1. The molecule has 0 N–H and O–H groups in total. The lowest BCUT2D eigenvalue weighted by molar-refractivity contribution is -0.136. The maximum absolute atomic E-state index is 13.4. The summed E-state index contributed by atoms with van der Waals surface area (Å²) in [6.07, 6.45) is 2.30. The van der Waals surface area contributed by atoms with Crippen LogP contribution in [0, 0.1) is 5.41 Å². The molecule has 0 aliphatic carbocycles. The molecule has 4 heterocycles. The highest BCUT2D eigenvalue weighted by atomic mass is 35.5. The summed E-state index contributed by atoms with van der Waals surface area (Å²) in [5.41, 5.74) is 2.58. The van der Waals surface area contributed by atoms with E-state index < -0.39 is 6.43 Å². The zero-order chi connectivity index (χ0) is 23.9. The Balaban J connectivity index is 1.43. The summed E-state index contributed by atoms with van der Waals surface area (Å²) in [5, 5.41) is 0.587. The Bertz CT molecular complexity index is 1180. The first-order chi connectivity index (χ1) is 16.3. The monoisotopic (exact) mass is 485 g/mol. The molecular weight excluding hydrogens is 460 g/mol. The number of nitrogens with zero attached hydrogens (tertiary/aromatic N) is 5. The summed E-state index contributed by atoms with van der Waals surface area (Å²) in [5.74, 6) is 0.00646. The summed E-state index contributed by atoms with van der Waals surface area (Å²) in [6, 6.07) is 10.2. The highest BCUT2D eigenvalue weighted by Crippen LogP contribution is 2.39. The van der Waals surface area contributed by atoms with E-state index in [-0.39, 0.29) is 18.1 Å². The van der Waals surface area contributed by atoms with Crippen LogP contribution in [0.5, 0.6) is 0 Å². The molecule has 9 heteroatoms. The largest absolute Gasteiger partial charge is 0.341 e. The highest BCUT2D eigenvalue weighted by Gasteiger charge is 2.43. The molecule has 0 unspecified atom stereocenters. The Labute approximate surface area is 202 Å². The fourth-order valence-electron chi connectivity index (χ4n) is 5.23. The van der Waals surface area contributed by atoms with Crippen molar-refractivity contribution in [1.29, 1.82) is 0 Å². The minimum atomic E-state index is -2.69. The van der Waals surface area contributed by atoms with Crippen LogP contribution >= 0.6 is 11.6 Å². The van der Waals surface area contributed by atoms with E-state index in [4.69, 9.17) is 11.6 Å². The van der Waals surface area contributed by atoms with Crippen molar-refractivity contribution in [3.63, 3.8) is 0 Å². The second-order valence-electron chi connectivity index (χ2n) is 9.40. The van der Waals surface area contributed by atoms with E-state index in [1.54, 1.807) is 29.1 Å². The summed E-state index contributed by atoms with van der Waals surface area (Å²) >= 11 is 6.04. The average Bonchev–Trinajstić information content (AvgIpc) is 3.22. The molecule has 2 saturated heterocycles. The number of alkyl halides is 2. The van der Waals surface area contributed by atoms with Crippen molar-refractivity contribution < 1.29 is 13.6 Å². The van der Waals surface area contributed by atoms with Gasteiger partial charge < -0.3 is 14.4 Å². The van der Waals surface area contributed by atoms with E-state index in [2.05, 4.69) is 21.9 Å². The van der Waals surface area contributed by atoms with Crippen LogP contribution in [0.3, 0.4) is 0 Å². The number of likely N-dealkylation sites (tertiary alicyclic amines) is 2. The molecule has 6 nitrogen and oxygen atoms in total. The van der Waals surface area contributed by atoms with Crippen LogP contribution in [0.15, 0.2) is 48.9 Å². The first kappa shape index (κ1) is 22.9. The molecule has 2 aliphatic heterocycles. The topological polar surface area (TPSA) is 54.3 Å². The molecule has 34 heavy (non-hydrogen) atoms. The van der Waals surface area contributed by atoms with Crippen LogP contribution in [0.2, 0.25) is 5.02 Å². The number of carbonyl (C=O) groups is 1. The van der Waals surface area contributed by atoms with Crippen molar-refractivity contribution >= 4 is 17.5 Å². The number of halogens is 3. The minimum Gasteiger partial charge on any atom is -0.341 e. The van der Waals surface area contributed by atoms with Gasteiger partial charge in [-0.05, 0) is 49.6 Å². The fraction of sp³-hybridized carbons (Fsp3) is 0.400. The first-order valence-electron chi connectivity index (χ1n) is 11.4. The zero-order valence-electron chi connectivity index (χ0n) is 18.9. The third kappa shape index (κ3) is 4.44. The van der Waals surface area contributed by atoms with Crippen molar-refractivity contribution in [2.45, 2.75) is 25.8 Å². The van der Waals surface area contributed by atoms with Gasteiger partial charge in [0.25, 0.3) is 6.43 Å². The molecule has 1 spiro atoms. The molecule has 2 aliphatic rings. The van der Waals surface area contributed by atoms with E-state index >= 15 is 0 Å². The van der Waals surface area contributed by atoms with Crippen LogP contribution < -0.4 is 0 Å². The molecule has 0 saturated carbocycles. The molecule has 178 valence electrons. The Hall–Kier alpha value is -2.84. The van der Waals surface area contributed by atoms with Crippen LogP contribution in [0.1, 0.15) is 25.0 Å². The number of aromatic nitrogens is 3. The van der Waals surface area contributed by atoms with E-state index in [0.29, 0.717) is 27.4 Å². The fourth-order valence-corrected chi connectivity index (χ4v) is 5.36. The van der Waals surface area contributed by atoms with Gasteiger partial charge in [-0.1, -0.05) is 23.7 Å². The summed E-state index contributed by atoms with van der Waals surface area (Å²) < 4.78 is 28.5. The number of piperidine rings is 1. The van der Waals surface area contributed by atoms with Gasteiger partial charge in [-0.25, -0.2) is 13.8 Å². The number of hydrogen-bond donors (Lipinski definition) is 0. The zero-order valence-corrected chi connectivity index (χ0v) is 19.7. The molecule has 0 atom stereocenters. The van der Waals surface area contributed by atoms with Gasteiger partial charge in [0.05, 0.1) is 17.7 Å². The predicted molar refractivity (Wildman–Crippen MR) is 127 cm³/mol. The molecule has 2 aromatic heterocycles. The summed E-state index contributed by atoms with van der Waals surface area (Å²) in [7, 11) is 2.13. The Morgan fingerprint density at radius 2 is 1.79 bits per heavy atom. The maximum Gasteiger partial charge on any atom is 0.280 e. The van der Waals surface area contributed by atoms with Crippen molar-refractivity contribution in [3.05, 3.63) is 59.6 Å². The van der Waals surface area contributed by atoms with Gasteiger partial charge in [0.1, 0.15) is 12.2 Å². The number of hydrogen-bond acceptors (Lipinski definition) is 4. The van der Waals surface area contributed by atoms with Crippen LogP contribution in [0.4, 0.5) is 8.78 Å². The molecule has 1 amide bonds. The molecular formula is C25H26ClF2N5O. The lowest BCUT2D eigenvalue weighted by Crippen LogP contribution is -2.59. The second kappa shape index (κ2) is 9.07. The molecule has 2 fully saturated rings. The van der Waals surface area contributed by atoms with Gasteiger partial charge in [-0.2, -0.15) is 0 Å². The number of carbonyl (C=O) groups excluding carboxylic acids is 1. The standard InChI is InChI=1S/C25H26ClF2N5O/c1-31-14-25(15-31)7-10-32(11-8-25)21(34)13-33-16-30-22(17-2-4-19(26)5-3-17)23(33)18-6-9-29-20(12-18)24(27)28/h2-6,9,12,16,24H,7-8,10-11,13-15H2,1H3. The summed E-state index contributed by atoms with van der Waals surface area (Å²) in [4.78, 5) is 25.8. The quantitative estimate of drug-likeness (QED) is 0.523. The molecule has 0 bridgehead atoms. The van der Waals surface area contributed by atoms with E-state index in [0.717, 1.165) is 44.6 Å². The molecule has 0 radical (unpaired) electrons. The van der Waals surface area contributed by atoms with Crippen molar-refractivity contribution in [3.8, 4) is 22.5 Å². The maximum atomic E-state index is 13.4. The van der Waals surface area contributed by atoms with Crippen molar-refractivity contribution in [2.75, 3.05) is 33.2 Å². The Morgan fingerprint density at radius 3 is 2.44 bits per heavy atom. The average molecular weight is 486 g/mol. The van der Waals surface area contributed by atoms with Gasteiger partial charge in [0.15, 0.2) is 0 Å². The first-order valence-corrected chi connectivity index (χ1v) is 11.7. The van der Waals surface area contributed by atoms with E-state index in [9.17, 15) is 13.6 Å². The van der Waals surface area contributed by atoms with E-state index in [1.165, 1.54) is 12.3 Å². The number of pyridine rings is 1. The van der Waals surface area contributed by atoms with E-state index in [1.807, 2.05) is 17.0 Å². The number of benzene rings is 1. The summed E-state index contributed by atoms with van der Waals surface area (Å²) in [6.45, 7) is 3.77. The highest BCUT2D eigenvalue weighted by molar-refractivity contribution is 6.30. The Kier molecular flexibility index (Phi) is 6.12. The Morgan fingerprint density at radius 1 is 1.09 bits per heavy atom. The van der Waals surface area contributed by atoms with Crippen LogP contribution in [-0.4, -0.2) is 63.5 Å². The SMILES string of the molecule is CN1CC2(CCN(C(=O)Cn3cnc(-c4ccc(Cl)cc4)c3-c3ccnc(C(F)F)c3)CC2)C1. The minimum absolute atomic E-state index is 0.00646.